The molecular weight excluding hydrogens is 384 g/mol. The van der Waals surface area contributed by atoms with Gasteiger partial charge in [0.05, 0.1) is 11.9 Å². The number of amides is 1. The molecule has 0 saturated heterocycles. The third kappa shape index (κ3) is 4.40. The van der Waals surface area contributed by atoms with Gasteiger partial charge in [0.2, 0.25) is 15.9 Å². The first-order chi connectivity index (χ1) is 12.8. The first kappa shape index (κ1) is 19.2. The summed E-state index contributed by atoms with van der Waals surface area (Å²) in [7, 11) is -3.69. The van der Waals surface area contributed by atoms with E-state index in [1.807, 2.05) is 36.4 Å². The van der Waals surface area contributed by atoms with E-state index in [2.05, 4.69) is 5.32 Å². The van der Waals surface area contributed by atoms with Crippen LogP contribution >= 0.6 is 11.6 Å². The zero-order valence-corrected chi connectivity index (χ0v) is 16.5. The number of halogens is 1. The summed E-state index contributed by atoms with van der Waals surface area (Å²) in [5, 5.41) is 5.22. The van der Waals surface area contributed by atoms with Crippen LogP contribution in [0.5, 0.6) is 0 Å². The average Bonchev–Trinajstić information content (AvgIpc) is 2.60. The molecule has 0 saturated carbocycles. The Kier molecular flexibility index (Phi) is 5.39. The largest absolute Gasteiger partial charge is 0.324 e. The Hall–Kier alpha value is -2.57. The van der Waals surface area contributed by atoms with Crippen LogP contribution in [0.25, 0.3) is 10.8 Å². The highest BCUT2D eigenvalue weighted by Crippen LogP contribution is 2.25. The predicted molar refractivity (Wildman–Crippen MR) is 111 cm³/mol. The molecule has 5 nitrogen and oxygen atoms in total. The molecule has 1 amide bonds. The molecule has 0 aliphatic rings. The second-order valence-electron chi connectivity index (χ2n) is 6.27. The molecule has 1 N–H and O–H groups in total. The maximum atomic E-state index is 12.7. The van der Waals surface area contributed by atoms with E-state index in [4.69, 9.17) is 11.6 Å². The molecule has 0 fully saturated rings. The smallest absolute Gasteiger partial charge is 0.247 e. The van der Waals surface area contributed by atoms with Crippen LogP contribution in [0.4, 0.5) is 11.4 Å². The summed E-state index contributed by atoms with van der Waals surface area (Å²) in [6.45, 7) is 1.54. The van der Waals surface area contributed by atoms with E-state index < -0.39 is 22.0 Å². The SMILES string of the molecule is C[C@@H](C(=O)Nc1ccc2ccccc2c1)N(c1cccc(Cl)c1)S(C)(=O)=O. The number of hydrogen-bond donors (Lipinski definition) is 1. The van der Waals surface area contributed by atoms with E-state index in [1.54, 1.807) is 31.2 Å². The Bertz CT molecular complexity index is 1100. The molecule has 0 aliphatic heterocycles. The molecule has 0 bridgehead atoms. The summed E-state index contributed by atoms with van der Waals surface area (Å²) < 4.78 is 25.7. The van der Waals surface area contributed by atoms with Crippen molar-refractivity contribution in [2.24, 2.45) is 0 Å². The number of fused-ring (bicyclic) bond motifs is 1. The van der Waals surface area contributed by atoms with Gasteiger partial charge in [-0.05, 0) is 48.0 Å². The lowest BCUT2D eigenvalue weighted by atomic mass is 10.1. The summed E-state index contributed by atoms with van der Waals surface area (Å²) in [6, 6.07) is 18.8. The first-order valence-corrected chi connectivity index (χ1v) is 10.5. The molecule has 0 heterocycles. The van der Waals surface area contributed by atoms with Crippen LogP contribution in [0.1, 0.15) is 6.92 Å². The number of hydrogen-bond acceptors (Lipinski definition) is 3. The number of sulfonamides is 1. The van der Waals surface area contributed by atoms with Crippen LogP contribution in [-0.4, -0.2) is 26.6 Å². The standard InChI is InChI=1S/C20H19ClN2O3S/c1-14(23(27(2,25)26)19-9-5-8-17(21)13-19)20(24)22-18-11-10-15-6-3-4-7-16(15)12-18/h3-14H,1-2H3,(H,22,24)/t14-/m0/s1. The minimum absolute atomic E-state index is 0.339. The molecule has 0 aliphatic carbocycles. The molecule has 0 unspecified atom stereocenters. The number of carbonyl (C=O) groups is 1. The van der Waals surface area contributed by atoms with E-state index in [-0.39, 0.29) is 0 Å². The van der Waals surface area contributed by atoms with Gasteiger partial charge >= 0.3 is 0 Å². The lowest BCUT2D eigenvalue weighted by Gasteiger charge is -2.28. The number of nitrogens with one attached hydrogen (secondary N) is 1. The van der Waals surface area contributed by atoms with E-state index >= 15 is 0 Å². The Morgan fingerprint density at radius 3 is 2.37 bits per heavy atom. The zero-order chi connectivity index (χ0) is 19.6. The van der Waals surface area contributed by atoms with Crippen molar-refractivity contribution < 1.29 is 13.2 Å². The van der Waals surface area contributed by atoms with E-state index in [9.17, 15) is 13.2 Å². The van der Waals surface area contributed by atoms with Crippen molar-refractivity contribution in [1.82, 2.24) is 0 Å². The predicted octanol–water partition coefficient (Wildman–Crippen LogP) is 4.29. The van der Waals surface area contributed by atoms with Crippen LogP contribution < -0.4 is 9.62 Å². The second kappa shape index (κ2) is 7.58. The monoisotopic (exact) mass is 402 g/mol. The third-order valence-electron chi connectivity index (χ3n) is 4.17. The van der Waals surface area contributed by atoms with Crippen molar-refractivity contribution in [1.29, 1.82) is 0 Å². The molecule has 0 radical (unpaired) electrons. The third-order valence-corrected chi connectivity index (χ3v) is 5.64. The normalized spacial score (nSPS) is 12.6. The summed E-state index contributed by atoms with van der Waals surface area (Å²) in [6.07, 6.45) is 1.06. The van der Waals surface area contributed by atoms with Crippen molar-refractivity contribution in [2.75, 3.05) is 15.9 Å². The van der Waals surface area contributed by atoms with Crippen LogP contribution in [0, 0.1) is 0 Å². The summed E-state index contributed by atoms with van der Waals surface area (Å²) in [5.74, 6) is -0.435. The summed E-state index contributed by atoms with van der Waals surface area (Å²) in [5.41, 5.74) is 0.941. The van der Waals surface area contributed by atoms with Gasteiger partial charge in [-0.3, -0.25) is 9.10 Å². The summed E-state index contributed by atoms with van der Waals surface area (Å²) >= 11 is 5.99. The van der Waals surface area contributed by atoms with Crippen molar-refractivity contribution in [3.05, 3.63) is 71.8 Å². The van der Waals surface area contributed by atoms with Crippen molar-refractivity contribution in [2.45, 2.75) is 13.0 Å². The Labute approximate surface area is 163 Å². The van der Waals surface area contributed by atoms with Gasteiger partial charge in [0.15, 0.2) is 0 Å². The maximum Gasteiger partial charge on any atom is 0.247 e. The number of carbonyl (C=O) groups excluding carboxylic acids is 1. The second-order valence-corrected chi connectivity index (χ2v) is 8.56. The maximum absolute atomic E-state index is 12.7. The van der Waals surface area contributed by atoms with Gasteiger partial charge in [-0.1, -0.05) is 48.0 Å². The van der Waals surface area contributed by atoms with E-state index in [0.717, 1.165) is 21.3 Å². The number of rotatable bonds is 5. The minimum atomic E-state index is -3.69. The van der Waals surface area contributed by atoms with Gasteiger partial charge in [-0.2, -0.15) is 0 Å². The number of anilines is 2. The highest BCUT2D eigenvalue weighted by molar-refractivity contribution is 7.92. The van der Waals surface area contributed by atoms with Crippen molar-refractivity contribution in [3.8, 4) is 0 Å². The number of benzene rings is 3. The Morgan fingerprint density at radius 2 is 1.70 bits per heavy atom. The zero-order valence-electron chi connectivity index (χ0n) is 14.9. The molecule has 1 atom stereocenters. The van der Waals surface area contributed by atoms with E-state index in [0.29, 0.717) is 16.4 Å². The fraction of sp³-hybridized carbons (Fsp3) is 0.150. The van der Waals surface area contributed by atoms with Gasteiger partial charge < -0.3 is 5.32 Å². The summed E-state index contributed by atoms with van der Waals surface area (Å²) in [4.78, 5) is 12.7. The lowest BCUT2D eigenvalue weighted by Crippen LogP contribution is -2.45. The van der Waals surface area contributed by atoms with Crippen LogP contribution in [-0.2, 0) is 14.8 Å². The molecule has 140 valence electrons. The molecule has 3 aromatic rings. The fourth-order valence-corrected chi connectivity index (χ4v) is 4.29. The highest BCUT2D eigenvalue weighted by atomic mass is 35.5. The molecular formula is C20H19ClN2O3S. The average molecular weight is 403 g/mol. The van der Waals surface area contributed by atoms with E-state index in [1.165, 1.54) is 6.07 Å². The van der Waals surface area contributed by atoms with Crippen LogP contribution in [0.15, 0.2) is 66.7 Å². The number of nitrogens with zero attached hydrogens (tertiary/aromatic N) is 1. The van der Waals surface area contributed by atoms with Crippen LogP contribution in [0.2, 0.25) is 5.02 Å². The topological polar surface area (TPSA) is 66.5 Å². The lowest BCUT2D eigenvalue weighted by molar-refractivity contribution is -0.116. The van der Waals surface area contributed by atoms with Gasteiger partial charge in [-0.15, -0.1) is 0 Å². The molecule has 7 heteroatoms. The minimum Gasteiger partial charge on any atom is -0.324 e. The molecule has 27 heavy (non-hydrogen) atoms. The Balaban J connectivity index is 1.88. The van der Waals surface area contributed by atoms with Gasteiger partial charge in [0.1, 0.15) is 6.04 Å². The first-order valence-electron chi connectivity index (χ1n) is 8.30. The quantitative estimate of drug-likeness (QED) is 0.692. The fourth-order valence-electron chi connectivity index (χ4n) is 2.94. The van der Waals surface area contributed by atoms with Crippen molar-refractivity contribution in [3.63, 3.8) is 0 Å². The van der Waals surface area contributed by atoms with Gasteiger partial charge in [0, 0.05) is 10.7 Å². The van der Waals surface area contributed by atoms with Gasteiger partial charge in [0.25, 0.3) is 0 Å². The Morgan fingerprint density at radius 1 is 1.00 bits per heavy atom. The molecule has 0 aromatic heterocycles. The molecule has 0 spiro atoms. The van der Waals surface area contributed by atoms with Gasteiger partial charge in [-0.25, -0.2) is 8.42 Å². The molecule has 3 aromatic carbocycles. The molecule has 3 rings (SSSR count). The van der Waals surface area contributed by atoms with Crippen LogP contribution in [0.3, 0.4) is 0 Å². The van der Waals surface area contributed by atoms with Crippen molar-refractivity contribution >= 4 is 49.7 Å². The highest BCUT2D eigenvalue weighted by Gasteiger charge is 2.29.